The van der Waals surface area contributed by atoms with Crippen molar-refractivity contribution in [2.45, 2.75) is 31.2 Å². The lowest BCUT2D eigenvalue weighted by atomic mass is 9.88. The van der Waals surface area contributed by atoms with E-state index in [9.17, 15) is 0 Å². The smallest absolute Gasteiger partial charge is 0.140 e. The van der Waals surface area contributed by atoms with Gasteiger partial charge in [-0.25, -0.2) is 0 Å². The molecule has 4 heteroatoms. The van der Waals surface area contributed by atoms with Crippen molar-refractivity contribution in [3.8, 4) is 11.5 Å². The van der Waals surface area contributed by atoms with Crippen LogP contribution in [0.1, 0.15) is 25.3 Å². The largest absolute Gasteiger partial charge is 0.495 e. The fourth-order valence-electron chi connectivity index (χ4n) is 2.39. The van der Waals surface area contributed by atoms with Crippen molar-refractivity contribution in [1.29, 1.82) is 0 Å². The SMILES string of the molecule is COc1ccc(C2(C(C)N)CC2)c(OC)c1Br. The number of halogens is 1. The number of rotatable bonds is 4. The molecule has 2 rings (SSSR count). The van der Waals surface area contributed by atoms with Crippen molar-refractivity contribution >= 4 is 15.9 Å². The molecule has 0 heterocycles. The second-order valence-corrected chi connectivity index (χ2v) is 5.40. The number of benzene rings is 1. The lowest BCUT2D eigenvalue weighted by Crippen LogP contribution is -2.31. The number of ether oxygens (including phenoxy) is 2. The molecule has 0 amide bonds. The highest BCUT2D eigenvalue weighted by atomic mass is 79.9. The van der Waals surface area contributed by atoms with Crippen molar-refractivity contribution < 1.29 is 9.47 Å². The van der Waals surface area contributed by atoms with Crippen LogP contribution < -0.4 is 15.2 Å². The van der Waals surface area contributed by atoms with Crippen molar-refractivity contribution in [2.75, 3.05) is 14.2 Å². The van der Waals surface area contributed by atoms with Gasteiger partial charge in [0.15, 0.2) is 0 Å². The topological polar surface area (TPSA) is 44.5 Å². The van der Waals surface area contributed by atoms with Gasteiger partial charge in [0.25, 0.3) is 0 Å². The van der Waals surface area contributed by atoms with Crippen LogP contribution in [0.5, 0.6) is 11.5 Å². The lowest BCUT2D eigenvalue weighted by molar-refractivity contribution is 0.379. The standard InChI is InChI=1S/C13H18BrNO2/c1-8(15)13(6-7-13)9-4-5-10(16-2)11(14)12(9)17-3/h4-5,8H,6-7,15H2,1-3H3. The quantitative estimate of drug-likeness (QED) is 0.930. The van der Waals surface area contributed by atoms with Crippen LogP contribution in [0.25, 0.3) is 0 Å². The zero-order chi connectivity index (χ0) is 12.6. The number of methoxy groups -OCH3 is 2. The van der Waals surface area contributed by atoms with E-state index in [4.69, 9.17) is 15.2 Å². The van der Waals surface area contributed by atoms with E-state index in [0.29, 0.717) is 0 Å². The molecule has 1 aromatic rings. The minimum Gasteiger partial charge on any atom is -0.495 e. The van der Waals surface area contributed by atoms with Gasteiger partial charge in [-0.05, 0) is 41.8 Å². The Bertz CT molecular complexity index is 428. The second-order valence-electron chi connectivity index (χ2n) is 4.61. The molecule has 1 aliphatic carbocycles. The van der Waals surface area contributed by atoms with Crippen molar-refractivity contribution in [2.24, 2.45) is 5.73 Å². The highest BCUT2D eigenvalue weighted by Gasteiger charge is 2.49. The van der Waals surface area contributed by atoms with Gasteiger partial charge in [-0.2, -0.15) is 0 Å². The van der Waals surface area contributed by atoms with Gasteiger partial charge in [0.1, 0.15) is 16.0 Å². The van der Waals surface area contributed by atoms with E-state index in [1.54, 1.807) is 14.2 Å². The molecule has 1 fully saturated rings. The first kappa shape index (κ1) is 12.7. The molecule has 1 unspecified atom stereocenters. The highest BCUT2D eigenvalue weighted by Crippen LogP contribution is 2.55. The van der Waals surface area contributed by atoms with Gasteiger partial charge in [0.05, 0.1) is 14.2 Å². The molecule has 1 saturated carbocycles. The first-order chi connectivity index (χ1) is 8.06. The summed E-state index contributed by atoms with van der Waals surface area (Å²) in [5, 5.41) is 0. The minimum absolute atomic E-state index is 0.0835. The Morgan fingerprint density at radius 2 is 1.94 bits per heavy atom. The Morgan fingerprint density at radius 3 is 2.35 bits per heavy atom. The molecule has 3 nitrogen and oxygen atoms in total. The van der Waals surface area contributed by atoms with E-state index in [2.05, 4.69) is 28.9 Å². The van der Waals surface area contributed by atoms with Crippen molar-refractivity contribution in [3.05, 3.63) is 22.2 Å². The van der Waals surface area contributed by atoms with Crippen LogP contribution in [0.3, 0.4) is 0 Å². The maximum atomic E-state index is 6.11. The van der Waals surface area contributed by atoms with Gasteiger partial charge < -0.3 is 15.2 Å². The molecule has 0 aromatic heterocycles. The van der Waals surface area contributed by atoms with Gasteiger partial charge in [-0.15, -0.1) is 0 Å². The van der Waals surface area contributed by atoms with Crippen LogP contribution in [0.2, 0.25) is 0 Å². The fraction of sp³-hybridized carbons (Fsp3) is 0.538. The molecule has 0 bridgehead atoms. The molecule has 0 aliphatic heterocycles. The third-order valence-electron chi connectivity index (χ3n) is 3.68. The summed E-state index contributed by atoms with van der Waals surface area (Å²) in [6, 6.07) is 4.17. The maximum Gasteiger partial charge on any atom is 0.140 e. The first-order valence-corrected chi connectivity index (χ1v) is 6.52. The normalized spacial score (nSPS) is 18.6. The van der Waals surface area contributed by atoms with Crippen LogP contribution >= 0.6 is 15.9 Å². The summed E-state index contributed by atoms with van der Waals surface area (Å²) in [6.07, 6.45) is 2.25. The van der Waals surface area contributed by atoms with Crippen LogP contribution in [-0.2, 0) is 5.41 Å². The van der Waals surface area contributed by atoms with Crippen LogP contribution in [-0.4, -0.2) is 20.3 Å². The Labute approximate surface area is 110 Å². The highest BCUT2D eigenvalue weighted by molar-refractivity contribution is 9.10. The van der Waals surface area contributed by atoms with E-state index >= 15 is 0 Å². The molecule has 17 heavy (non-hydrogen) atoms. The molecule has 0 radical (unpaired) electrons. The van der Waals surface area contributed by atoms with E-state index in [1.165, 1.54) is 5.56 Å². The van der Waals surface area contributed by atoms with Crippen molar-refractivity contribution in [1.82, 2.24) is 0 Å². The van der Waals surface area contributed by atoms with Gasteiger partial charge in [0, 0.05) is 17.0 Å². The zero-order valence-electron chi connectivity index (χ0n) is 10.4. The summed E-state index contributed by atoms with van der Waals surface area (Å²) in [5.41, 5.74) is 7.37. The van der Waals surface area contributed by atoms with Gasteiger partial charge in [0.2, 0.25) is 0 Å². The van der Waals surface area contributed by atoms with Crippen LogP contribution in [0.15, 0.2) is 16.6 Å². The molecule has 0 saturated heterocycles. The van der Waals surface area contributed by atoms with E-state index < -0.39 is 0 Å². The lowest BCUT2D eigenvalue weighted by Gasteiger charge is -2.24. The summed E-state index contributed by atoms with van der Waals surface area (Å²) in [7, 11) is 3.33. The summed E-state index contributed by atoms with van der Waals surface area (Å²) < 4.78 is 11.7. The predicted molar refractivity (Wildman–Crippen MR) is 71.8 cm³/mol. The Morgan fingerprint density at radius 1 is 1.29 bits per heavy atom. The van der Waals surface area contributed by atoms with E-state index in [-0.39, 0.29) is 11.5 Å². The molecular weight excluding hydrogens is 282 g/mol. The van der Waals surface area contributed by atoms with E-state index in [1.807, 2.05) is 6.07 Å². The summed E-state index contributed by atoms with van der Waals surface area (Å²) in [5.74, 6) is 1.63. The van der Waals surface area contributed by atoms with E-state index in [0.717, 1.165) is 28.8 Å². The van der Waals surface area contributed by atoms with Gasteiger partial charge in [-0.1, -0.05) is 6.07 Å². The number of nitrogens with two attached hydrogens (primary N) is 1. The van der Waals surface area contributed by atoms with Crippen molar-refractivity contribution in [3.63, 3.8) is 0 Å². The zero-order valence-corrected chi connectivity index (χ0v) is 12.0. The molecule has 1 aliphatic rings. The molecule has 1 aromatic carbocycles. The van der Waals surface area contributed by atoms with Gasteiger partial charge in [-0.3, -0.25) is 0 Å². The third kappa shape index (κ3) is 1.93. The Hall–Kier alpha value is -0.740. The monoisotopic (exact) mass is 299 g/mol. The maximum absolute atomic E-state index is 6.11. The Kier molecular flexibility index (Phi) is 3.36. The van der Waals surface area contributed by atoms with Crippen LogP contribution in [0.4, 0.5) is 0 Å². The Balaban J connectivity index is 2.52. The second kappa shape index (κ2) is 4.50. The molecule has 2 N–H and O–H groups in total. The third-order valence-corrected chi connectivity index (χ3v) is 4.43. The molecule has 0 spiro atoms. The summed E-state index contributed by atoms with van der Waals surface area (Å²) in [4.78, 5) is 0. The number of hydrogen-bond acceptors (Lipinski definition) is 3. The fourth-order valence-corrected chi connectivity index (χ4v) is 3.06. The average Bonchev–Trinajstić information content (AvgIpc) is 3.09. The first-order valence-electron chi connectivity index (χ1n) is 5.73. The minimum atomic E-state index is 0.0835. The number of hydrogen-bond donors (Lipinski definition) is 1. The van der Waals surface area contributed by atoms with Crippen LogP contribution in [0, 0.1) is 0 Å². The average molecular weight is 300 g/mol. The predicted octanol–water partition coefficient (Wildman–Crippen LogP) is 2.85. The summed E-state index contributed by atoms with van der Waals surface area (Å²) in [6.45, 7) is 2.06. The van der Waals surface area contributed by atoms with Gasteiger partial charge >= 0.3 is 0 Å². The summed E-state index contributed by atoms with van der Waals surface area (Å²) >= 11 is 3.53. The molecule has 94 valence electrons. The molecular formula is C13H18BrNO2. The molecule has 1 atom stereocenters.